The minimum atomic E-state index is -3.91. The second kappa shape index (κ2) is 6.40. The molecule has 0 N–H and O–H groups in total. The van der Waals surface area contributed by atoms with E-state index in [9.17, 15) is 13.2 Å². The first-order chi connectivity index (χ1) is 8.77. The summed E-state index contributed by atoms with van der Waals surface area (Å²) in [5, 5.41) is 0. The zero-order chi connectivity index (χ0) is 14.6. The number of hydrogen-bond acceptors (Lipinski definition) is 5. The summed E-state index contributed by atoms with van der Waals surface area (Å²) >= 11 is 0. The van der Waals surface area contributed by atoms with Gasteiger partial charge in [-0.25, -0.2) is 8.42 Å². The van der Waals surface area contributed by atoms with Gasteiger partial charge >= 0.3 is 0 Å². The highest BCUT2D eigenvalue weighted by molar-refractivity contribution is 8.13. The van der Waals surface area contributed by atoms with Gasteiger partial charge in [-0.2, -0.15) is 0 Å². The summed E-state index contributed by atoms with van der Waals surface area (Å²) in [7, 11) is 4.51. The van der Waals surface area contributed by atoms with Crippen LogP contribution in [-0.4, -0.2) is 46.5 Å². The third kappa shape index (κ3) is 4.22. The highest BCUT2D eigenvalue weighted by Gasteiger charge is 2.23. The molecule has 1 amide bonds. The van der Waals surface area contributed by atoms with E-state index < -0.39 is 15.0 Å². The fraction of sp³-hybridized carbons (Fsp3) is 0.545. The number of carbonyl (C=O) groups excluding carboxylic acids is 1. The van der Waals surface area contributed by atoms with Crippen LogP contribution in [0.1, 0.15) is 22.7 Å². The van der Waals surface area contributed by atoms with Crippen LogP contribution in [0.2, 0.25) is 0 Å². The molecule has 0 aromatic carbocycles. The maximum Gasteiger partial charge on any atom is 0.289 e. The average molecular weight is 310 g/mol. The summed E-state index contributed by atoms with van der Waals surface area (Å²) in [6.45, 7) is 2.46. The van der Waals surface area contributed by atoms with Crippen molar-refractivity contribution in [2.45, 2.75) is 18.2 Å². The van der Waals surface area contributed by atoms with E-state index in [4.69, 9.17) is 19.8 Å². The van der Waals surface area contributed by atoms with Crippen molar-refractivity contribution in [3.05, 3.63) is 17.6 Å². The Hall–Kier alpha value is -1.05. The molecule has 0 spiro atoms. The summed E-state index contributed by atoms with van der Waals surface area (Å²) in [6.07, 6.45) is 0.680. The predicted octanol–water partition coefficient (Wildman–Crippen LogP) is 1.62. The third-order valence-corrected chi connectivity index (χ3v) is 3.96. The Morgan fingerprint density at radius 1 is 1.53 bits per heavy atom. The number of aryl methyl sites for hydroxylation is 1. The maximum atomic E-state index is 12.0. The number of furan rings is 1. The Labute approximate surface area is 116 Å². The molecular formula is C11H16ClNO5S. The molecule has 0 aliphatic carbocycles. The Morgan fingerprint density at radius 3 is 2.63 bits per heavy atom. The van der Waals surface area contributed by atoms with Gasteiger partial charge in [-0.05, 0) is 13.3 Å². The lowest BCUT2D eigenvalue weighted by Gasteiger charge is -2.14. The van der Waals surface area contributed by atoms with Crippen LogP contribution < -0.4 is 0 Å². The smallest absolute Gasteiger partial charge is 0.289 e. The molecule has 0 saturated heterocycles. The molecule has 0 bridgehead atoms. The Kier molecular flexibility index (Phi) is 5.39. The van der Waals surface area contributed by atoms with Gasteiger partial charge in [-0.1, -0.05) is 0 Å². The minimum Gasteiger partial charge on any atom is -0.455 e. The Balaban J connectivity index is 2.84. The van der Waals surface area contributed by atoms with Gasteiger partial charge in [0, 0.05) is 44.1 Å². The Bertz CT molecular complexity index is 551. The normalized spacial score (nSPS) is 11.6. The molecule has 108 valence electrons. The molecule has 0 aliphatic heterocycles. The number of methoxy groups -OCH3 is 1. The number of rotatable bonds is 6. The molecule has 0 atom stereocenters. The topological polar surface area (TPSA) is 76.8 Å². The van der Waals surface area contributed by atoms with Gasteiger partial charge in [0.1, 0.15) is 10.7 Å². The van der Waals surface area contributed by atoms with Crippen LogP contribution in [0, 0.1) is 6.92 Å². The van der Waals surface area contributed by atoms with E-state index in [0.717, 1.165) is 6.07 Å². The summed E-state index contributed by atoms with van der Waals surface area (Å²) in [6, 6.07) is 1.15. The molecule has 0 radical (unpaired) electrons. The van der Waals surface area contributed by atoms with Gasteiger partial charge in [-0.3, -0.25) is 4.79 Å². The van der Waals surface area contributed by atoms with Crippen molar-refractivity contribution in [3.63, 3.8) is 0 Å². The first-order valence-electron chi connectivity index (χ1n) is 5.57. The standard InChI is InChI=1S/C11H16ClNO5S/c1-8-10(19(12,15)16)7-9(18-8)11(14)13(2)5-4-6-17-3/h7H,4-6H2,1-3H3. The van der Waals surface area contributed by atoms with Crippen LogP contribution in [-0.2, 0) is 13.8 Å². The summed E-state index contributed by atoms with van der Waals surface area (Å²) in [5.41, 5.74) is 0. The number of ether oxygens (including phenoxy) is 1. The molecule has 19 heavy (non-hydrogen) atoms. The summed E-state index contributed by atoms with van der Waals surface area (Å²) < 4.78 is 32.5. The van der Waals surface area contributed by atoms with E-state index in [1.54, 1.807) is 14.2 Å². The number of nitrogens with zero attached hydrogens (tertiary/aromatic N) is 1. The van der Waals surface area contributed by atoms with Crippen molar-refractivity contribution in [2.24, 2.45) is 0 Å². The lowest BCUT2D eigenvalue weighted by atomic mass is 10.3. The van der Waals surface area contributed by atoms with Crippen molar-refractivity contribution in [1.82, 2.24) is 4.90 Å². The molecule has 0 aliphatic rings. The van der Waals surface area contributed by atoms with E-state index in [2.05, 4.69) is 0 Å². The fourth-order valence-electron chi connectivity index (χ4n) is 1.55. The van der Waals surface area contributed by atoms with Gasteiger partial charge in [-0.15, -0.1) is 0 Å². The molecular weight excluding hydrogens is 294 g/mol. The predicted molar refractivity (Wildman–Crippen MR) is 69.9 cm³/mol. The Morgan fingerprint density at radius 2 is 2.16 bits per heavy atom. The molecule has 1 heterocycles. The number of hydrogen-bond donors (Lipinski definition) is 0. The van der Waals surface area contributed by atoms with Crippen LogP contribution in [0.25, 0.3) is 0 Å². The fourth-order valence-corrected chi connectivity index (χ4v) is 2.64. The van der Waals surface area contributed by atoms with Crippen LogP contribution in [0.3, 0.4) is 0 Å². The quantitative estimate of drug-likeness (QED) is 0.589. The summed E-state index contributed by atoms with van der Waals surface area (Å²) in [4.78, 5) is 13.2. The van der Waals surface area contributed by atoms with Crippen molar-refractivity contribution >= 4 is 25.6 Å². The number of halogens is 1. The van der Waals surface area contributed by atoms with Crippen LogP contribution in [0.5, 0.6) is 0 Å². The highest BCUT2D eigenvalue weighted by atomic mass is 35.7. The van der Waals surface area contributed by atoms with E-state index >= 15 is 0 Å². The lowest BCUT2D eigenvalue weighted by molar-refractivity contribution is 0.0746. The van der Waals surface area contributed by atoms with Crippen molar-refractivity contribution in [2.75, 3.05) is 27.3 Å². The van der Waals surface area contributed by atoms with Gasteiger partial charge < -0.3 is 14.1 Å². The van der Waals surface area contributed by atoms with Gasteiger partial charge in [0.05, 0.1) is 0 Å². The molecule has 1 aromatic rings. The SMILES string of the molecule is COCCCN(C)C(=O)c1cc(S(=O)(=O)Cl)c(C)o1. The zero-order valence-corrected chi connectivity index (χ0v) is 12.5. The van der Waals surface area contributed by atoms with Crippen molar-refractivity contribution < 1.29 is 22.4 Å². The van der Waals surface area contributed by atoms with Gasteiger partial charge in [0.25, 0.3) is 15.0 Å². The lowest BCUT2D eigenvalue weighted by Crippen LogP contribution is -2.28. The molecule has 1 aromatic heterocycles. The molecule has 8 heteroatoms. The maximum absolute atomic E-state index is 12.0. The zero-order valence-electron chi connectivity index (χ0n) is 11.0. The first-order valence-corrected chi connectivity index (χ1v) is 7.87. The number of amides is 1. The summed E-state index contributed by atoms with van der Waals surface area (Å²) in [5.74, 6) is -0.342. The molecule has 0 saturated carbocycles. The van der Waals surface area contributed by atoms with Crippen LogP contribution >= 0.6 is 10.7 Å². The van der Waals surface area contributed by atoms with E-state index in [-0.39, 0.29) is 16.4 Å². The second-order valence-corrected chi connectivity index (χ2v) is 6.58. The second-order valence-electron chi connectivity index (χ2n) is 4.04. The molecule has 0 unspecified atom stereocenters. The van der Waals surface area contributed by atoms with Crippen molar-refractivity contribution in [1.29, 1.82) is 0 Å². The van der Waals surface area contributed by atoms with Gasteiger partial charge in [0.2, 0.25) is 0 Å². The van der Waals surface area contributed by atoms with E-state index in [1.807, 2.05) is 0 Å². The van der Waals surface area contributed by atoms with E-state index in [1.165, 1.54) is 11.8 Å². The van der Waals surface area contributed by atoms with Crippen molar-refractivity contribution in [3.8, 4) is 0 Å². The van der Waals surface area contributed by atoms with Gasteiger partial charge in [0.15, 0.2) is 5.76 Å². The average Bonchev–Trinajstić information content (AvgIpc) is 2.70. The molecule has 1 rings (SSSR count). The third-order valence-electron chi connectivity index (χ3n) is 2.53. The van der Waals surface area contributed by atoms with Crippen LogP contribution in [0.15, 0.2) is 15.4 Å². The number of carbonyl (C=O) groups is 1. The largest absolute Gasteiger partial charge is 0.455 e. The first kappa shape index (κ1) is 16.0. The highest BCUT2D eigenvalue weighted by Crippen LogP contribution is 2.24. The van der Waals surface area contributed by atoms with Crippen LogP contribution in [0.4, 0.5) is 0 Å². The minimum absolute atomic E-state index is 0.0448. The monoisotopic (exact) mass is 309 g/mol. The molecule has 0 fully saturated rings. The van der Waals surface area contributed by atoms with E-state index in [0.29, 0.717) is 19.6 Å². The molecule has 6 nitrogen and oxygen atoms in total.